The molecule has 0 atom stereocenters. The molecule has 1 aliphatic heterocycles. The fourth-order valence-electron chi connectivity index (χ4n) is 2.89. The average molecular weight is 326 g/mol. The number of rotatable bonds is 4. The van der Waals surface area contributed by atoms with Crippen LogP contribution in [-0.2, 0) is 6.54 Å². The second kappa shape index (κ2) is 6.86. The molecule has 2 heterocycles. The maximum atomic E-state index is 12.4. The first kappa shape index (κ1) is 16.2. The number of hydrogen-bond donors (Lipinski definition) is 1. The molecule has 2 aromatic rings. The highest BCUT2D eigenvalue weighted by molar-refractivity contribution is 6.04. The summed E-state index contributed by atoms with van der Waals surface area (Å²) in [5.74, 6) is -0.130. The van der Waals surface area contributed by atoms with Gasteiger partial charge in [-0.3, -0.25) is 14.3 Å². The minimum absolute atomic E-state index is 0.0673. The molecule has 6 nitrogen and oxygen atoms in total. The fourth-order valence-corrected chi connectivity index (χ4v) is 2.89. The van der Waals surface area contributed by atoms with Gasteiger partial charge >= 0.3 is 0 Å². The third-order valence-electron chi connectivity index (χ3n) is 4.33. The zero-order chi connectivity index (χ0) is 17.1. The lowest BCUT2D eigenvalue weighted by molar-refractivity contribution is 0.0792. The van der Waals surface area contributed by atoms with Crippen molar-refractivity contribution < 1.29 is 9.59 Å². The molecule has 1 aromatic heterocycles. The summed E-state index contributed by atoms with van der Waals surface area (Å²) in [6.07, 6.45) is 5.42. The molecule has 1 aliphatic rings. The van der Waals surface area contributed by atoms with Crippen LogP contribution in [0.25, 0.3) is 0 Å². The number of aryl methyl sites for hydroxylation is 2. The van der Waals surface area contributed by atoms with Crippen molar-refractivity contribution in [2.75, 3.05) is 18.4 Å². The summed E-state index contributed by atoms with van der Waals surface area (Å²) in [5, 5.41) is 6.99. The van der Waals surface area contributed by atoms with Crippen LogP contribution in [0.1, 0.15) is 46.0 Å². The van der Waals surface area contributed by atoms with E-state index in [0.717, 1.165) is 38.0 Å². The lowest BCUT2D eigenvalue weighted by Gasteiger charge is -2.16. The van der Waals surface area contributed by atoms with E-state index in [2.05, 4.69) is 10.4 Å². The van der Waals surface area contributed by atoms with Gasteiger partial charge in [0.1, 0.15) is 0 Å². The first-order chi connectivity index (χ1) is 11.6. The van der Waals surface area contributed by atoms with Crippen molar-refractivity contribution in [2.24, 2.45) is 0 Å². The number of carbonyl (C=O) groups excluding carboxylic acids is 2. The number of carbonyl (C=O) groups is 2. The molecule has 1 N–H and O–H groups in total. The predicted molar refractivity (Wildman–Crippen MR) is 92.2 cm³/mol. The highest BCUT2D eigenvalue weighted by Gasteiger charge is 2.20. The molecular weight excluding hydrogens is 304 g/mol. The Morgan fingerprint density at radius 3 is 2.58 bits per heavy atom. The molecule has 0 spiro atoms. The lowest BCUT2D eigenvalue weighted by atomic mass is 10.1. The number of amides is 2. The van der Waals surface area contributed by atoms with Crippen molar-refractivity contribution in [3.63, 3.8) is 0 Å². The Morgan fingerprint density at radius 2 is 1.96 bits per heavy atom. The fraction of sp³-hybridized carbons (Fsp3) is 0.389. The smallest absolute Gasteiger partial charge is 0.258 e. The van der Waals surface area contributed by atoms with Crippen LogP contribution in [0.15, 0.2) is 30.6 Å². The van der Waals surface area contributed by atoms with Crippen LogP contribution in [0.4, 0.5) is 5.69 Å². The van der Waals surface area contributed by atoms with E-state index in [9.17, 15) is 9.59 Å². The third kappa shape index (κ3) is 3.32. The molecule has 0 radical (unpaired) electrons. The van der Waals surface area contributed by atoms with Crippen molar-refractivity contribution in [2.45, 2.75) is 33.2 Å². The molecule has 126 valence electrons. The average Bonchev–Trinajstić information content (AvgIpc) is 3.27. The van der Waals surface area contributed by atoms with Crippen LogP contribution < -0.4 is 5.32 Å². The Kier molecular flexibility index (Phi) is 4.64. The minimum atomic E-state index is -0.198. The Balaban J connectivity index is 1.72. The molecule has 0 unspecified atom stereocenters. The Morgan fingerprint density at radius 1 is 1.21 bits per heavy atom. The predicted octanol–water partition coefficient (Wildman–Crippen LogP) is 2.70. The summed E-state index contributed by atoms with van der Waals surface area (Å²) in [5.41, 5.74) is 2.78. The molecule has 1 saturated heterocycles. The molecule has 24 heavy (non-hydrogen) atoms. The summed E-state index contributed by atoms with van der Waals surface area (Å²) in [6, 6.07) is 5.41. The third-order valence-corrected chi connectivity index (χ3v) is 4.33. The van der Waals surface area contributed by atoms with Gasteiger partial charge in [0.05, 0.1) is 11.8 Å². The van der Waals surface area contributed by atoms with E-state index < -0.39 is 0 Å². The van der Waals surface area contributed by atoms with E-state index in [4.69, 9.17) is 0 Å². The Hall–Kier alpha value is -2.63. The topological polar surface area (TPSA) is 67.2 Å². The number of likely N-dealkylation sites (tertiary alicyclic amines) is 1. The van der Waals surface area contributed by atoms with E-state index in [1.165, 1.54) is 0 Å². The van der Waals surface area contributed by atoms with E-state index in [1.54, 1.807) is 29.2 Å². The molecule has 3 rings (SSSR count). The monoisotopic (exact) mass is 326 g/mol. The van der Waals surface area contributed by atoms with Crippen molar-refractivity contribution >= 4 is 17.5 Å². The van der Waals surface area contributed by atoms with Crippen LogP contribution in [0.2, 0.25) is 0 Å². The van der Waals surface area contributed by atoms with E-state index in [-0.39, 0.29) is 11.8 Å². The Labute approximate surface area is 141 Å². The maximum absolute atomic E-state index is 12.4. The first-order valence-corrected chi connectivity index (χ1v) is 8.32. The number of hydrogen-bond acceptors (Lipinski definition) is 3. The SMILES string of the molecule is CCn1cc(C(=O)Nc2ccc(C(=O)N3CCCC3)cc2C)cn1. The minimum Gasteiger partial charge on any atom is -0.339 e. The van der Waals surface area contributed by atoms with Gasteiger partial charge in [-0.1, -0.05) is 0 Å². The molecular formula is C18H22N4O2. The van der Waals surface area contributed by atoms with Crippen molar-refractivity contribution in [3.05, 3.63) is 47.3 Å². The summed E-state index contributed by atoms with van der Waals surface area (Å²) in [6.45, 7) is 6.25. The second-order valence-electron chi connectivity index (χ2n) is 6.07. The highest BCUT2D eigenvalue weighted by Crippen LogP contribution is 2.20. The number of aromatic nitrogens is 2. The number of nitrogens with zero attached hydrogens (tertiary/aromatic N) is 3. The Bertz CT molecular complexity index is 760. The van der Waals surface area contributed by atoms with Gasteiger partial charge in [-0.25, -0.2) is 0 Å². The zero-order valence-corrected chi connectivity index (χ0v) is 14.1. The first-order valence-electron chi connectivity index (χ1n) is 8.32. The molecule has 1 fully saturated rings. The van der Waals surface area contributed by atoms with Gasteiger partial charge < -0.3 is 10.2 Å². The molecule has 1 aromatic carbocycles. The number of nitrogens with one attached hydrogen (secondary N) is 1. The number of benzene rings is 1. The van der Waals surface area contributed by atoms with Crippen LogP contribution in [0, 0.1) is 6.92 Å². The largest absolute Gasteiger partial charge is 0.339 e. The summed E-state index contributed by atoms with van der Waals surface area (Å²) in [7, 11) is 0. The van der Waals surface area contributed by atoms with Gasteiger partial charge in [-0.05, 0) is 50.5 Å². The lowest BCUT2D eigenvalue weighted by Crippen LogP contribution is -2.27. The highest BCUT2D eigenvalue weighted by atomic mass is 16.2. The number of anilines is 1. The normalized spacial score (nSPS) is 14.0. The molecule has 2 amide bonds. The van der Waals surface area contributed by atoms with Gasteiger partial charge in [-0.2, -0.15) is 5.10 Å². The van der Waals surface area contributed by atoms with Crippen molar-refractivity contribution in [3.8, 4) is 0 Å². The van der Waals surface area contributed by atoms with Gasteiger partial charge in [-0.15, -0.1) is 0 Å². The molecule has 6 heteroatoms. The van der Waals surface area contributed by atoms with Crippen LogP contribution >= 0.6 is 0 Å². The van der Waals surface area contributed by atoms with Crippen molar-refractivity contribution in [1.82, 2.24) is 14.7 Å². The molecule has 0 saturated carbocycles. The maximum Gasteiger partial charge on any atom is 0.258 e. The van der Waals surface area contributed by atoms with Gasteiger partial charge in [0.15, 0.2) is 0 Å². The molecule has 0 aliphatic carbocycles. The second-order valence-corrected chi connectivity index (χ2v) is 6.07. The van der Waals surface area contributed by atoms with Gasteiger partial charge in [0, 0.05) is 37.1 Å². The van der Waals surface area contributed by atoms with Crippen LogP contribution in [-0.4, -0.2) is 39.6 Å². The van der Waals surface area contributed by atoms with Gasteiger partial charge in [0.25, 0.3) is 11.8 Å². The van der Waals surface area contributed by atoms with Crippen LogP contribution in [0.3, 0.4) is 0 Å². The van der Waals surface area contributed by atoms with Crippen LogP contribution in [0.5, 0.6) is 0 Å². The standard InChI is InChI=1S/C18H22N4O2/c1-3-22-12-15(11-19-22)17(23)20-16-7-6-14(10-13(16)2)18(24)21-8-4-5-9-21/h6-7,10-12H,3-5,8-9H2,1-2H3,(H,20,23). The zero-order valence-electron chi connectivity index (χ0n) is 14.1. The van der Waals surface area contributed by atoms with E-state index in [1.807, 2.05) is 24.8 Å². The van der Waals surface area contributed by atoms with E-state index >= 15 is 0 Å². The van der Waals surface area contributed by atoms with Crippen molar-refractivity contribution in [1.29, 1.82) is 0 Å². The summed E-state index contributed by atoms with van der Waals surface area (Å²) >= 11 is 0. The molecule has 0 bridgehead atoms. The van der Waals surface area contributed by atoms with Gasteiger partial charge in [0.2, 0.25) is 0 Å². The quantitative estimate of drug-likeness (QED) is 0.939. The summed E-state index contributed by atoms with van der Waals surface area (Å²) in [4.78, 5) is 26.6. The van der Waals surface area contributed by atoms with E-state index in [0.29, 0.717) is 16.8 Å². The summed E-state index contributed by atoms with van der Waals surface area (Å²) < 4.78 is 1.71.